The van der Waals surface area contributed by atoms with Gasteiger partial charge in [0.05, 0.1) is 13.2 Å². The highest BCUT2D eigenvalue weighted by molar-refractivity contribution is 5.97. The van der Waals surface area contributed by atoms with E-state index >= 15 is 0 Å². The molecular formula is C18H19N3O4. The van der Waals surface area contributed by atoms with Crippen LogP contribution in [0.25, 0.3) is 0 Å². The van der Waals surface area contributed by atoms with Crippen molar-refractivity contribution in [2.24, 2.45) is 0 Å². The first-order valence-electron chi connectivity index (χ1n) is 7.93. The lowest BCUT2D eigenvalue weighted by Gasteiger charge is -2.18. The molecular weight excluding hydrogens is 322 g/mol. The van der Waals surface area contributed by atoms with Gasteiger partial charge in [0.15, 0.2) is 6.61 Å². The normalized spacial score (nSPS) is 16.6. The summed E-state index contributed by atoms with van der Waals surface area (Å²) in [6.07, 6.45) is 1.85. The molecule has 0 aliphatic carbocycles. The Bertz CT molecular complexity index is 751. The number of aromatic nitrogens is 1. The maximum Gasteiger partial charge on any atom is 0.258 e. The van der Waals surface area contributed by atoms with Crippen molar-refractivity contribution in [3.05, 3.63) is 48.7 Å². The molecule has 1 aromatic heterocycles. The van der Waals surface area contributed by atoms with Gasteiger partial charge in [0.25, 0.3) is 5.91 Å². The monoisotopic (exact) mass is 341 g/mol. The number of amides is 2. The van der Waals surface area contributed by atoms with Crippen LogP contribution in [-0.2, 0) is 9.59 Å². The molecule has 1 fully saturated rings. The summed E-state index contributed by atoms with van der Waals surface area (Å²) in [7, 11) is 1.58. The Morgan fingerprint density at radius 1 is 1.32 bits per heavy atom. The highest BCUT2D eigenvalue weighted by atomic mass is 16.5. The van der Waals surface area contributed by atoms with E-state index in [2.05, 4.69) is 10.3 Å². The molecule has 0 radical (unpaired) electrons. The number of anilines is 1. The highest BCUT2D eigenvalue weighted by Gasteiger charge is 2.31. The predicted octanol–water partition coefficient (Wildman–Crippen LogP) is 1.39. The average Bonchev–Trinajstić information content (AvgIpc) is 3.01. The van der Waals surface area contributed by atoms with Crippen molar-refractivity contribution in [2.45, 2.75) is 12.5 Å². The molecule has 1 atom stereocenters. The van der Waals surface area contributed by atoms with Gasteiger partial charge in [0.2, 0.25) is 11.8 Å². The number of ether oxygens (including phenoxy) is 2. The van der Waals surface area contributed by atoms with Crippen molar-refractivity contribution in [1.82, 2.24) is 10.3 Å². The van der Waals surface area contributed by atoms with Crippen LogP contribution in [0.2, 0.25) is 0 Å². The Labute approximate surface area is 145 Å². The Morgan fingerprint density at radius 3 is 2.96 bits per heavy atom. The summed E-state index contributed by atoms with van der Waals surface area (Å²) < 4.78 is 10.5. The molecule has 2 amide bonds. The quantitative estimate of drug-likeness (QED) is 0.859. The summed E-state index contributed by atoms with van der Waals surface area (Å²) >= 11 is 0. The van der Waals surface area contributed by atoms with E-state index in [9.17, 15) is 9.59 Å². The van der Waals surface area contributed by atoms with Crippen LogP contribution in [-0.4, -0.2) is 43.1 Å². The molecule has 3 rings (SSSR count). The van der Waals surface area contributed by atoms with Crippen LogP contribution < -0.4 is 19.7 Å². The molecule has 130 valence electrons. The molecule has 1 saturated heterocycles. The number of nitrogens with one attached hydrogen (secondary N) is 1. The molecule has 0 bridgehead atoms. The van der Waals surface area contributed by atoms with Crippen LogP contribution in [0.1, 0.15) is 6.42 Å². The van der Waals surface area contributed by atoms with Crippen molar-refractivity contribution in [2.75, 3.05) is 25.2 Å². The zero-order valence-corrected chi connectivity index (χ0v) is 13.8. The minimum atomic E-state index is -0.282. The zero-order chi connectivity index (χ0) is 17.6. The largest absolute Gasteiger partial charge is 0.497 e. The minimum Gasteiger partial charge on any atom is -0.497 e. The topological polar surface area (TPSA) is 80.8 Å². The summed E-state index contributed by atoms with van der Waals surface area (Å²) in [5.41, 5.74) is 0.755. The molecule has 1 N–H and O–H groups in total. The molecule has 1 aliphatic rings. The van der Waals surface area contributed by atoms with Crippen LogP contribution in [0.15, 0.2) is 48.7 Å². The Balaban J connectivity index is 1.54. The van der Waals surface area contributed by atoms with E-state index < -0.39 is 0 Å². The molecule has 7 heteroatoms. The van der Waals surface area contributed by atoms with Gasteiger partial charge in [-0.15, -0.1) is 0 Å². The Kier molecular flexibility index (Phi) is 5.13. The fourth-order valence-electron chi connectivity index (χ4n) is 2.67. The number of nitrogens with zero attached hydrogens (tertiary/aromatic N) is 2. The smallest absolute Gasteiger partial charge is 0.258 e. The van der Waals surface area contributed by atoms with E-state index in [0.717, 1.165) is 5.69 Å². The van der Waals surface area contributed by atoms with Gasteiger partial charge >= 0.3 is 0 Å². The SMILES string of the molecule is COc1cccc(N2C[C@@H](NC(=O)COc3ccccn3)CC2=O)c1. The van der Waals surface area contributed by atoms with Crippen molar-refractivity contribution in [1.29, 1.82) is 0 Å². The van der Waals surface area contributed by atoms with Crippen LogP contribution >= 0.6 is 0 Å². The predicted molar refractivity (Wildman–Crippen MR) is 91.6 cm³/mol. The zero-order valence-electron chi connectivity index (χ0n) is 13.8. The molecule has 2 heterocycles. The van der Waals surface area contributed by atoms with Crippen LogP contribution in [0, 0.1) is 0 Å². The number of carbonyl (C=O) groups is 2. The molecule has 1 aliphatic heterocycles. The van der Waals surface area contributed by atoms with E-state index in [1.807, 2.05) is 18.2 Å². The molecule has 25 heavy (non-hydrogen) atoms. The van der Waals surface area contributed by atoms with Gasteiger partial charge in [-0.25, -0.2) is 4.98 Å². The standard InChI is InChI=1S/C18H19N3O4/c1-24-15-6-4-5-14(10-15)21-11-13(9-18(21)23)20-16(22)12-25-17-7-2-3-8-19-17/h2-8,10,13H,9,11-12H2,1H3,(H,20,22)/t13-/m0/s1. The van der Waals surface area contributed by atoms with Crippen molar-refractivity contribution in [3.63, 3.8) is 0 Å². The van der Waals surface area contributed by atoms with Crippen LogP contribution in [0.5, 0.6) is 11.6 Å². The van der Waals surface area contributed by atoms with Gasteiger partial charge in [0, 0.05) is 37.0 Å². The third-order valence-corrected chi connectivity index (χ3v) is 3.84. The average molecular weight is 341 g/mol. The van der Waals surface area contributed by atoms with E-state index in [-0.39, 0.29) is 30.9 Å². The van der Waals surface area contributed by atoms with Gasteiger partial charge in [-0.05, 0) is 18.2 Å². The van der Waals surface area contributed by atoms with Gasteiger partial charge in [-0.2, -0.15) is 0 Å². The lowest BCUT2D eigenvalue weighted by atomic mass is 10.2. The lowest BCUT2D eigenvalue weighted by molar-refractivity contribution is -0.123. The number of hydrogen-bond donors (Lipinski definition) is 1. The summed E-state index contributed by atoms with van der Waals surface area (Å²) in [6.45, 7) is 0.280. The Morgan fingerprint density at radius 2 is 2.20 bits per heavy atom. The van der Waals surface area contributed by atoms with Gasteiger partial charge in [0.1, 0.15) is 5.75 Å². The molecule has 1 aromatic carbocycles. The first-order chi connectivity index (χ1) is 12.2. The second-order valence-corrected chi connectivity index (χ2v) is 5.63. The van der Waals surface area contributed by atoms with Crippen molar-refractivity contribution >= 4 is 17.5 Å². The summed E-state index contributed by atoms with van der Waals surface area (Å²) in [5, 5.41) is 2.82. The van der Waals surface area contributed by atoms with Gasteiger partial charge in [-0.1, -0.05) is 12.1 Å². The maximum absolute atomic E-state index is 12.2. The molecule has 0 spiro atoms. The molecule has 0 saturated carbocycles. The van der Waals surface area contributed by atoms with E-state index in [0.29, 0.717) is 18.2 Å². The number of hydrogen-bond acceptors (Lipinski definition) is 5. The number of carbonyl (C=O) groups excluding carboxylic acids is 2. The van der Waals surface area contributed by atoms with Crippen LogP contribution in [0.4, 0.5) is 5.69 Å². The third kappa shape index (κ3) is 4.26. The van der Waals surface area contributed by atoms with E-state index in [1.165, 1.54) is 0 Å². The maximum atomic E-state index is 12.2. The fraction of sp³-hybridized carbons (Fsp3) is 0.278. The second-order valence-electron chi connectivity index (χ2n) is 5.63. The summed E-state index contributed by atoms with van der Waals surface area (Å²) in [5.74, 6) is 0.750. The van der Waals surface area contributed by atoms with Crippen molar-refractivity contribution < 1.29 is 19.1 Å². The number of pyridine rings is 1. The third-order valence-electron chi connectivity index (χ3n) is 3.84. The second kappa shape index (κ2) is 7.65. The number of benzene rings is 1. The first kappa shape index (κ1) is 16.8. The number of rotatable bonds is 6. The first-order valence-corrected chi connectivity index (χ1v) is 7.93. The van der Waals surface area contributed by atoms with E-state index in [4.69, 9.17) is 9.47 Å². The number of methoxy groups -OCH3 is 1. The highest BCUT2D eigenvalue weighted by Crippen LogP contribution is 2.25. The summed E-state index contributed by atoms with van der Waals surface area (Å²) in [4.78, 5) is 29.9. The van der Waals surface area contributed by atoms with Crippen molar-refractivity contribution in [3.8, 4) is 11.6 Å². The molecule has 0 unspecified atom stereocenters. The van der Waals surface area contributed by atoms with Crippen LogP contribution in [0.3, 0.4) is 0 Å². The fourth-order valence-corrected chi connectivity index (χ4v) is 2.67. The van der Waals surface area contributed by atoms with Gasteiger partial charge in [-0.3, -0.25) is 9.59 Å². The van der Waals surface area contributed by atoms with E-state index in [1.54, 1.807) is 42.5 Å². The molecule has 7 nitrogen and oxygen atoms in total. The Hall–Kier alpha value is -3.09. The minimum absolute atomic E-state index is 0.0378. The lowest BCUT2D eigenvalue weighted by Crippen LogP contribution is -2.39. The van der Waals surface area contributed by atoms with Gasteiger partial charge < -0.3 is 19.7 Å². The summed E-state index contributed by atoms with van der Waals surface area (Å²) in [6, 6.07) is 12.3. The molecule has 2 aromatic rings.